The monoisotopic (exact) mass is 338 g/mol. The fraction of sp³-hybridized carbons (Fsp3) is 0.250. The van der Waals surface area contributed by atoms with Crippen molar-refractivity contribution < 1.29 is 27.4 Å². The standard InChI is InChI=1S/C16H13F3N2O3/c1-3-23-16(22)12-7(2)24-15(21)10(6-20)13(12)9-4-8(17)5-11(18)14(9)19/h4-5,13H,3,21H2,1-2H3. The smallest absolute Gasteiger partial charge is 0.338 e. The molecule has 0 radical (unpaired) electrons. The van der Waals surface area contributed by atoms with Crippen LogP contribution in [0.4, 0.5) is 13.2 Å². The van der Waals surface area contributed by atoms with Gasteiger partial charge in [0.05, 0.1) is 18.1 Å². The Hall–Kier alpha value is -2.95. The third kappa shape index (κ3) is 2.93. The van der Waals surface area contributed by atoms with E-state index >= 15 is 0 Å². The molecule has 0 aliphatic carbocycles. The van der Waals surface area contributed by atoms with E-state index in [9.17, 15) is 23.2 Å². The number of carbonyl (C=O) groups is 1. The minimum Gasteiger partial charge on any atom is -0.463 e. The third-order valence-corrected chi connectivity index (χ3v) is 3.43. The van der Waals surface area contributed by atoms with Crippen LogP contribution in [-0.4, -0.2) is 12.6 Å². The second-order valence-corrected chi connectivity index (χ2v) is 4.91. The number of hydrogen-bond acceptors (Lipinski definition) is 5. The highest BCUT2D eigenvalue weighted by atomic mass is 19.2. The number of ether oxygens (including phenoxy) is 2. The van der Waals surface area contributed by atoms with Crippen molar-refractivity contribution in [2.45, 2.75) is 19.8 Å². The molecule has 2 rings (SSSR count). The third-order valence-electron chi connectivity index (χ3n) is 3.43. The largest absolute Gasteiger partial charge is 0.463 e. The van der Waals surface area contributed by atoms with Gasteiger partial charge in [-0.25, -0.2) is 18.0 Å². The van der Waals surface area contributed by atoms with Gasteiger partial charge in [0.25, 0.3) is 0 Å². The van der Waals surface area contributed by atoms with Crippen LogP contribution in [0.3, 0.4) is 0 Å². The summed E-state index contributed by atoms with van der Waals surface area (Å²) in [5, 5.41) is 9.29. The van der Waals surface area contributed by atoms with Gasteiger partial charge in [-0.15, -0.1) is 0 Å². The zero-order chi connectivity index (χ0) is 18.0. The molecule has 0 bridgehead atoms. The highest BCUT2D eigenvalue weighted by Gasteiger charge is 2.38. The number of benzene rings is 1. The quantitative estimate of drug-likeness (QED) is 0.676. The Morgan fingerprint density at radius 2 is 2.08 bits per heavy atom. The van der Waals surface area contributed by atoms with E-state index in [4.69, 9.17) is 15.2 Å². The van der Waals surface area contributed by atoms with Crippen LogP contribution in [0.5, 0.6) is 0 Å². The normalized spacial score (nSPS) is 17.4. The topological polar surface area (TPSA) is 85.3 Å². The number of nitriles is 1. The number of allylic oxidation sites excluding steroid dienone is 2. The Kier molecular flexibility index (Phi) is 4.83. The first kappa shape index (κ1) is 17.4. The Bertz CT molecular complexity index is 810. The van der Waals surface area contributed by atoms with Crippen molar-refractivity contribution >= 4 is 5.97 Å². The van der Waals surface area contributed by atoms with Gasteiger partial charge in [0, 0.05) is 11.6 Å². The molecule has 0 amide bonds. The highest BCUT2D eigenvalue weighted by Crippen LogP contribution is 2.41. The molecule has 126 valence electrons. The van der Waals surface area contributed by atoms with Crippen LogP contribution < -0.4 is 5.73 Å². The molecule has 1 aromatic carbocycles. The van der Waals surface area contributed by atoms with Crippen LogP contribution in [0.2, 0.25) is 0 Å². The van der Waals surface area contributed by atoms with Crippen molar-refractivity contribution in [3.8, 4) is 6.07 Å². The molecule has 0 fully saturated rings. The van der Waals surface area contributed by atoms with Crippen molar-refractivity contribution in [3.63, 3.8) is 0 Å². The summed E-state index contributed by atoms with van der Waals surface area (Å²) in [6.07, 6.45) is 0. The van der Waals surface area contributed by atoms with E-state index in [0.717, 1.165) is 0 Å². The molecule has 0 aromatic heterocycles. The summed E-state index contributed by atoms with van der Waals surface area (Å²) in [5.74, 6) is -6.66. The maximum atomic E-state index is 14.2. The number of nitrogens with two attached hydrogens (primary N) is 1. The van der Waals surface area contributed by atoms with Gasteiger partial charge in [-0.2, -0.15) is 5.26 Å². The molecule has 24 heavy (non-hydrogen) atoms. The summed E-state index contributed by atoms with van der Waals surface area (Å²) in [6.45, 7) is 2.90. The Labute approximate surface area is 135 Å². The zero-order valence-corrected chi connectivity index (χ0v) is 12.8. The van der Waals surface area contributed by atoms with Crippen molar-refractivity contribution in [1.82, 2.24) is 0 Å². The van der Waals surface area contributed by atoms with Crippen LogP contribution in [0.25, 0.3) is 0 Å². The second-order valence-electron chi connectivity index (χ2n) is 4.91. The molecule has 1 aliphatic rings. The van der Waals surface area contributed by atoms with Crippen LogP contribution >= 0.6 is 0 Å². The minimum absolute atomic E-state index is 0.00338. The number of carbonyl (C=O) groups excluding carboxylic acids is 1. The Morgan fingerprint density at radius 1 is 1.42 bits per heavy atom. The fourth-order valence-corrected chi connectivity index (χ4v) is 2.45. The molecule has 1 aromatic rings. The van der Waals surface area contributed by atoms with Gasteiger partial charge in [0.2, 0.25) is 5.88 Å². The summed E-state index contributed by atoms with van der Waals surface area (Å²) < 4.78 is 51.4. The highest BCUT2D eigenvalue weighted by molar-refractivity contribution is 5.92. The molecule has 0 saturated carbocycles. The van der Waals surface area contributed by atoms with Crippen LogP contribution in [-0.2, 0) is 14.3 Å². The second kappa shape index (κ2) is 6.66. The van der Waals surface area contributed by atoms with Gasteiger partial charge in [0.15, 0.2) is 11.6 Å². The molecule has 1 heterocycles. The lowest BCUT2D eigenvalue weighted by Crippen LogP contribution is -2.26. The first-order valence-electron chi connectivity index (χ1n) is 6.91. The van der Waals surface area contributed by atoms with Crippen LogP contribution in [0.1, 0.15) is 25.3 Å². The van der Waals surface area contributed by atoms with E-state index in [1.54, 1.807) is 13.0 Å². The molecule has 1 atom stereocenters. The van der Waals surface area contributed by atoms with Crippen molar-refractivity contribution in [2.24, 2.45) is 5.73 Å². The number of hydrogen-bond donors (Lipinski definition) is 1. The van der Waals surface area contributed by atoms with Gasteiger partial charge >= 0.3 is 5.97 Å². The first-order valence-corrected chi connectivity index (χ1v) is 6.91. The first-order chi connectivity index (χ1) is 11.3. The van der Waals surface area contributed by atoms with E-state index in [2.05, 4.69) is 0 Å². The number of rotatable bonds is 3. The lowest BCUT2D eigenvalue weighted by Gasteiger charge is -2.27. The summed E-state index contributed by atoms with van der Waals surface area (Å²) in [6, 6.07) is 2.75. The van der Waals surface area contributed by atoms with Crippen molar-refractivity contribution in [1.29, 1.82) is 5.26 Å². The number of nitrogens with zero attached hydrogens (tertiary/aromatic N) is 1. The zero-order valence-electron chi connectivity index (χ0n) is 12.8. The minimum atomic E-state index is -1.45. The lowest BCUT2D eigenvalue weighted by atomic mass is 9.82. The van der Waals surface area contributed by atoms with E-state index in [-0.39, 0.29) is 29.4 Å². The molecule has 0 saturated heterocycles. The molecule has 5 nitrogen and oxygen atoms in total. The van der Waals surface area contributed by atoms with Crippen molar-refractivity contribution in [3.05, 3.63) is 57.9 Å². The molecular weight excluding hydrogens is 325 g/mol. The van der Waals surface area contributed by atoms with Gasteiger partial charge in [0.1, 0.15) is 23.2 Å². The summed E-state index contributed by atoms with van der Waals surface area (Å²) in [5.41, 5.74) is 4.48. The SMILES string of the molecule is CCOC(=O)C1=C(C)OC(N)=C(C#N)C1c1cc(F)cc(F)c1F. The van der Waals surface area contributed by atoms with Gasteiger partial charge in [-0.1, -0.05) is 0 Å². The maximum Gasteiger partial charge on any atom is 0.338 e. The summed E-state index contributed by atoms with van der Waals surface area (Å²) in [7, 11) is 0. The predicted molar refractivity (Wildman–Crippen MR) is 76.3 cm³/mol. The number of esters is 1. The molecule has 1 unspecified atom stereocenters. The molecular formula is C16H13F3N2O3. The molecule has 1 aliphatic heterocycles. The average molecular weight is 338 g/mol. The lowest BCUT2D eigenvalue weighted by molar-refractivity contribution is -0.139. The molecule has 0 spiro atoms. The Morgan fingerprint density at radius 3 is 2.67 bits per heavy atom. The fourth-order valence-electron chi connectivity index (χ4n) is 2.45. The average Bonchev–Trinajstić information content (AvgIpc) is 2.50. The summed E-state index contributed by atoms with van der Waals surface area (Å²) >= 11 is 0. The van der Waals surface area contributed by atoms with Gasteiger partial charge < -0.3 is 15.2 Å². The van der Waals surface area contributed by atoms with Crippen LogP contribution in [0.15, 0.2) is 34.9 Å². The van der Waals surface area contributed by atoms with Crippen LogP contribution in [0, 0.1) is 28.8 Å². The van der Waals surface area contributed by atoms with E-state index in [1.165, 1.54) is 6.92 Å². The molecule has 2 N–H and O–H groups in total. The Balaban J connectivity index is 2.75. The summed E-state index contributed by atoms with van der Waals surface area (Å²) in [4.78, 5) is 12.2. The van der Waals surface area contributed by atoms with Gasteiger partial charge in [-0.05, 0) is 19.9 Å². The van der Waals surface area contributed by atoms with E-state index in [0.29, 0.717) is 12.1 Å². The van der Waals surface area contributed by atoms with Gasteiger partial charge in [-0.3, -0.25) is 0 Å². The predicted octanol–water partition coefficient (Wildman–Crippen LogP) is 2.75. The number of halogens is 3. The maximum absolute atomic E-state index is 14.2. The van der Waals surface area contributed by atoms with E-state index < -0.39 is 34.9 Å². The molecule has 8 heteroatoms. The van der Waals surface area contributed by atoms with Crippen molar-refractivity contribution in [2.75, 3.05) is 6.61 Å². The van der Waals surface area contributed by atoms with E-state index in [1.807, 2.05) is 0 Å².